The van der Waals surface area contributed by atoms with Gasteiger partial charge in [-0.2, -0.15) is 4.98 Å². The molecule has 116 valence electrons. The van der Waals surface area contributed by atoms with Crippen LogP contribution >= 0.6 is 0 Å². The van der Waals surface area contributed by atoms with E-state index in [9.17, 15) is 5.11 Å². The van der Waals surface area contributed by atoms with Crippen molar-refractivity contribution in [1.82, 2.24) is 10.1 Å². The third-order valence-corrected chi connectivity index (χ3v) is 4.49. The zero-order valence-corrected chi connectivity index (χ0v) is 12.9. The molecule has 0 fully saturated rings. The summed E-state index contributed by atoms with van der Waals surface area (Å²) in [5.41, 5.74) is 4.53. The number of aliphatic hydroxyl groups excluding tert-OH is 1. The molecule has 4 heteroatoms. The minimum atomic E-state index is -0.470. The molecular formula is C19H18N2O2. The molecule has 0 saturated carbocycles. The lowest BCUT2D eigenvalue weighted by Crippen LogP contribution is -1.98. The zero-order valence-electron chi connectivity index (χ0n) is 12.9. The molecule has 3 aromatic rings. The highest BCUT2D eigenvalue weighted by molar-refractivity contribution is 5.55. The van der Waals surface area contributed by atoms with E-state index in [1.807, 2.05) is 24.3 Å². The van der Waals surface area contributed by atoms with Crippen LogP contribution in [0.25, 0.3) is 11.4 Å². The van der Waals surface area contributed by atoms with Crippen LogP contribution < -0.4 is 0 Å². The molecule has 4 rings (SSSR count). The molecule has 1 N–H and O–H groups in total. The molecule has 1 aliphatic carbocycles. The summed E-state index contributed by atoms with van der Waals surface area (Å²) in [4.78, 5) is 4.58. The predicted molar refractivity (Wildman–Crippen MR) is 87.0 cm³/mol. The Kier molecular flexibility index (Phi) is 3.46. The van der Waals surface area contributed by atoms with Crippen LogP contribution in [-0.2, 0) is 12.8 Å². The molecule has 1 aliphatic rings. The van der Waals surface area contributed by atoms with Gasteiger partial charge in [-0.05, 0) is 36.5 Å². The molecule has 2 aromatic carbocycles. The van der Waals surface area contributed by atoms with Gasteiger partial charge in [0.05, 0.1) is 6.10 Å². The summed E-state index contributed by atoms with van der Waals surface area (Å²) >= 11 is 0. The standard InChI is InChI=1S/C19H18N2O2/c1-12(22)13-6-8-14(9-7-13)18-20-19(23-21-18)17-10-15-4-2-3-5-16(15)11-17/h2-9,12,17,22H,10-11H2,1H3/t12-/m0/s1. The topological polar surface area (TPSA) is 59.2 Å². The van der Waals surface area contributed by atoms with Crippen LogP contribution in [0.15, 0.2) is 53.1 Å². The summed E-state index contributed by atoms with van der Waals surface area (Å²) in [6.45, 7) is 1.75. The number of aliphatic hydroxyl groups is 1. The molecule has 0 saturated heterocycles. The Morgan fingerprint density at radius 1 is 1.04 bits per heavy atom. The highest BCUT2D eigenvalue weighted by atomic mass is 16.5. The molecule has 0 amide bonds. The third-order valence-electron chi connectivity index (χ3n) is 4.49. The fraction of sp³-hybridized carbons (Fsp3) is 0.263. The van der Waals surface area contributed by atoms with Gasteiger partial charge in [0, 0.05) is 11.5 Å². The van der Waals surface area contributed by atoms with E-state index in [2.05, 4.69) is 34.4 Å². The van der Waals surface area contributed by atoms with Gasteiger partial charge in [-0.25, -0.2) is 0 Å². The number of hydrogen-bond donors (Lipinski definition) is 1. The van der Waals surface area contributed by atoms with Gasteiger partial charge in [0.1, 0.15) is 0 Å². The Hall–Kier alpha value is -2.46. The maximum absolute atomic E-state index is 9.57. The van der Waals surface area contributed by atoms with Gasteiger partial charge in [0.15, 0.2) is 0 Å². The number of rotatable bonds is 3. The van der Waals surface area contributed by atoms with Gasteiger partial charge in [0.25, 0.3) is 0 Å². The maximum atomic E-state index is 9.57. The van der Waals surface area contributed by atoms with Gasteiger partial charge >= 0.3 is 0 Å². The first kappa shape index (κ1) is 14.2. The van der Waals surface area contributed by atoms with Crippen molar-refractivity contribution in [1.29, 1.82) is 0 Å². The van der Waals surface area contributed by atoms with Crippen molar-refractivity contribution in [2.24, 2.45) is 0 Å². The van der Waals surface area contributed by atoms with Crippen LogP contribution in [0.5, 0.6) is 0 Å². The summed E-state index contributed by atoms with van der Waals surface area (Å²) in [5.74, 6) is 1.58. The molecule has 0 radical (unpaired) electrons. The monoisotopic (exact) mass is 306 g/mol. The van der Waals surface area contributed by atoms with Crippen molar-refractivity contribution in [2.75, 3.05) is 0 Å². The highest BCUT2D eigenvalue weighted by Crippen LogP contribution is 2.33. The molecule has 4 nitrogen and oxygen atoms in total. The van der Waals surface area contributed by atoms with E-state index in [1.165, 1.54) is 11.1 Å². The van der Waals surface area contributed by atoms with Crippen molar-refractivity contribution >= 4 is 0 Å². The highest BCUT2D eigenvalue weighted by Gasteiger charge is 2.27. The summed E-state index contributed by atoms with van der Waals surface area (Å²) in [6.07, 6.45) is 1.44. The Morgan fingerprint density at radius 3 is 2.30 bits per heavy atom. The van der Waals surface area contributed by atoms with E-state index < -0.39 is 6.10 Å². The first-order valence-electron chi connectivity index (χ1n) is 7.89. The normalized spacial score (nSPS) is 15.6. The molecule has 0 bridgehead atoms. The molecule has 1 atom stereocenters. The first-order chi connectivity index (χ1) is 11.2. The van der Waals surface area contributed by atoms with Crippen LogP contribution in [0.2, 0.25) is 0 Å². The smallest absolute Gasteiger partial charge is 0.230 e. The van der Waals surface area contributed by atoms with Crippen LogP contribution in [0.3, 0.4) is 0 Å². The number of benzene rings is 2. The van der Waals surface area contributed by atoms with Gasteiger partial charge in [0.2, 0.25) is 11.7 Å². The van der Waals surface area contributed by atoms with E-state index >= 15 is 0 Å². The van der Waals surface area contributed by atoms with Crippen molar-refractivity contribution in [2.45, 2.75) is 31.8 Å². The Labute approximate surface area is 134 Å². The number of fused-ring (bicyclic) bond motifs is 1. The van der Waals surface area contributed by atoms with E-state index in [4.69, 9.17) is 4.52 Å². The SMILES string of the molecule is C[C@H](O)c1ccc(-c2noc(C3Cc4ccccc4C3)n2)cc1. The van der Waals surface area contributed by atoms with Crippen LogP contribution in [0, 0.1) is 0 Å². The minimum absolute atomic E-state index is 0.269. The minimum Gasteiger partial charge on any atom is -0.389 e. The van der Waals surface area contributed by atoms with Crippen LogP contribution in [0.4, 0.5) is 0 Å². The van der Waals surface area contributed by atoms with E-state index in [0.29, 0.717) is 11.7 Å². The van der Waals surface area contributed by atoms with Crippen molar-refractivity contribution in [3.8, 4) is 11.4 Å². The zero-order chi connectivity index (χ0) is 15.8. The van der Waals surface area contributed by atoms with E-state index in [0.717, 1.165) is 24.0 Å². The maximum Gasteiger partial charge on any atom is 0.230 e. The second-order valence-corrected chi connectivity index (χ2v) is 6.13. The molecule has 1 heterocycles. The average Bonchev–Trinajstić information content (AvgIpc) is 3.21. The Bertz CT molecular complexity index is 796. The fourth-order valence-electron chi connectivity index (χ4n) is 3.16. The molecule has 1 aromatic heterocycles. The van der Waals surface area contributed by atoms with E-state index in [-0.39, 0.29) is 5.92 Å². The number of nitrogens with zero attached hydrogens (tertiary/aromatic N) is 2. The average molecular weight is 306 g/mol. The molecule has 0 aliphatic heterocycles. The van der Waals surface area contributed by atoms with Crippen molar-refractivity contribution < 1.29 is 9.63 Å². The predicted octanol–water partition coefficient (Wildman–Crippen LogP) is 3.67. The second kappa shape index (κ2) is 5.63. The van der Waals surface area contributed by atoms with Crippen molar-refractivity contribution in [3.63, 3.8) is 0 Å². The van der Waals surface area contributed by atoms with Gasteiger partial charge in [-0.1, -0.05) is 53.7 Å². The lowest BCUT2D eigenvalue weighted by Gasteiger charge is -2.04. The van der Waals surface area contributed by atoms with Gasteiger partial charge in [-0.15, -0.1) is 0 Å². The summed E-state index contributed by atoms with van der Waals surface area (Å²) < 4.78 is 5.50. The van der Waals surface area contributed by atoms with Gasteiger partial charge < -0.3 is 9.63 Å². The second-order valence-electron chi connectivity index (χ2n) is 6.13. The lowest BCUT2D eigenvalue weighted by atomic mass is 10.1. The van der Waals surface area contributed by atoms with Gasteiger partial charge in [-0.3, -0.25) is 0 Å². The first-order valence-corrected chi connectivity index (χ1v) is 7.89. The quantitative estimate of drug-likeness (QED) is 0.802. The van der Waals surface area contributed by atoms with Crippen LogP contribution in [-0.4, -0.2) is 15.2 Å². The van der Waals surface area contributed by atoms with Crippen LogP contribution in [0.1, 0.15) is 41.5 Å². The summed E-state index contributed by atoms with van der Waals surface area (Å²) in [5, 5.41) is 13.7. The lowest BCUT2D eigenvalue weighted by molar-refractivity contribution is 0.199. The number of aromatic nitrogens is 2. The third kappa shape index (κ3) is 2.66. The Morgan fingerprint density at radius 2 is 1.70 bits per heavy atom. The largest absolute Gasteiger partial charge is 0.389 e. The molecular weight excluding hydrogens is 288 g/mol. The number of hydrogen-bond acceptors (Lipinski definition) is 4. The molecule has 23 heavy (non-hydrogen) atoms. The molecule has 0 spiro atoms. The summed E-state index contributed by atoms with van der Waals surface area (Å²) in [7, 11) is 0. The molecule has 0 unspecified atom stereocenters. The summed E-state index contributed by atoms with van der Waals surface area (Å²) in [6, 6.07) is 16.1. The van der Waals surface area contributed by atoms with Crippen molar-refractivity contribution in [3.05, 3.63) is 71.1 Å². The fourth-order valence-corrected chi connectivity index (χ4v) is 3.16. The Balaban J connectivity index is 1.56. The van der Waals surface area contributed by atoms with E-state index in [1.54, 1.807) is 6.92 Å².